The van der Waals surface area contributed by atoms with Crippen LogP contribution in [0.25, 0.3) is 0 Å². The summed E-state index contributed by atoms with van der Waals surface area (Å²) < 4.78 is 34.5. The largest absolute Gasteiger partial charge is 0.379 e. The molecule has 0 aliphatic carbocycles. The van der Waals surface area contributed by atoms with Crippen LogP contribution in [0.2, 0.25) is 0 Å². The van der Waals surface area contributed by atoms with Gasteiger partial charge in [-0.15, -0.1) is 0 Å². The Morgan fingerprint density at radius 2 is 2.32 bits per heavy atom. The summed E-state index contributed by atoms with van der Waals surface area (Å²) in [7, 11) is 0. The molecule has 4 atom stereocenters. The van der Waals surface area contributed by atoms with E-state index in [0.717, 1.165) is 4.47 Å². The predicted molar refractivity (Wildman–Crippen MR) is 88.3 cm³/mol. The molecule has 0 aromatic heterocycles. The number of ether oxygens (including phenoxy) is 1. The van der Waals surface area contributed by atoms with E-state index in [-0.39, 0.29) is 34.9 Å². The SMILES string of the molecule is C[C@H]1C[C@H]2[C@@H](CF)SC(N)=N[C@@]2(c2cc(Br)ccc2F)CO1. The molecule has 1 saturated heterocycles. The second-order valence-electron chi connectivity index (χ2n) is 5.77. The molecule has 3 nitrogen and oxygen atoms in total. The van der Waals surface area contributed by atoms with Crippen molar-refractivity contribution in [3.05, 3.63) is 34.1 Å². The minimum atomic E-state index is -0.952. The number of alkyl halides is 1. The van der Waals surface area contributed by atoms with Crippen molar-refractivity contribution in [1.29, 1.82) is 0 Å². The summed E-state index contributed by atoms with van der Waals surface area (Å²) >= 11 is 4.61. The van der Waals surface area contributed by atoms with Gasteiger partial charge >= 0.3 is 0 Å². The van der Waals surface area contributed by atoms with E-state index in [1.165, 1.54) is 17.8 Å². The number of fused-ring (bicyclic) bond motifs is 1. The van der Waals surface area contributed by atoms with Crippen LogP contribution in [0, 0.1) is 11.7 Å². The quantitative estimate of drug-likeness (QED) is 0.838. The molecule has 1 aromatic rings. The summed E-state index contributed by atoms with van der Waals surface area (Å²) in [5, 5.41) is -0.0429. The summed E-state index contributed by atoms with van der Waals surface area (Å²) in [6.07, 6.45) is 0.627. The fourth-order valence-electron chi connectivity index (χ4n) is 3.34. The van der Waals surface area contributed by atoms with Gasteiger partial charge in [0.05, 0.1) is 12.7 Å². The lowest BCUT2D eigenvalue weighted by Gasteiger charge is -2.48. The standard InChI is InChI=1S/C15H17BrF2N2OS/c1-8-4-11-13(6-17)22-14(19)20-15(11,7-21-8)10-5-9(16)2-3-12(10)18/h2-3,5,8,11,13H,4,6-7H2,1H3,(H2,19,20)/t8-,11-,13+,15+/m0/s1. The zero-order valence-electron chi connectivity index (χ0n) is 12.1. The summed E-state index contributed by atoms with van der Waals surface area (Å²) in [6.45, 7) is 1.64. The average Bonchev–Trinajstić information content (AvgIpc) is 2.49. The third-order valence-corrected chi connectivity index (χ3v) is 5.95. The highest BCUT2D eigenvalue weighted by Crippen LogP contribution is 2.50. The average molecular weight is 391 g/mol. The molecule has 2 N–H and O–H groups in total. The molecule has 0 radical (unpaired) electrons. The molecular formula is C15H17BrF2N2OS. The van der Waals surface area contributed by atoms with E-state index in [1.807, 2.05) is 6.92 Å². The fourth-order valence-corrected chi connectivity index (χ4v) is 4.79. The molecule has 0 spiro atoms. The molecule has 1 aromatic carbocycles. The summed E-state index contributed by atoms with van der Waals surface area (Å²) in [5.41, 5.74) is 5.37. The van der Waals surface area contributed by atoms with Crippen LogP contribution < -0.4 is 5.73 Å². The minimum Gasteiger partial charge on any atom is -0.379 e. The van der Waals surface area contributed by atoms with Crippen LogP contribution in [0.5, 0.6) is 0 Å². The van der Waals surface area contributed by atoms with E-state index in [1.54, 1.807) is 12.1 Å². The van der Waals surface area contributed by atoms with Gasteiger partial charge in [0.1, 0.15) is 18.0 Å². The monoisotopic (exact) mass is 390 g/mol. The lowest BCUT2D eigenvalue weighted by atomic mass is 9.72. The molecule has 0 unspecified atom stereocenters. The molecule has 0 amide bonds. The molecule has 7 heteroatoms. The molecule has 2 aliphatic heterocycles. The first-order chi connectivity index (χ1) is 10.5. The van der Waals surface area contributed by atoms with E-state index >= 15 is 0 Å². The number of hydrogen-bond donors (Lipinski definition) is 1. The number of nitrogens with two attached hydrogens (primary N) is 1. The number of hydrogen-bond acceptors (Lipinski definition) is 4. The Kier molecular flexibility index (Phi) is 4.49. The highest BCUT2D eigenvalue weighted by Gasteiger charge is 2.52. The smallest absolute Gasteiger partial charge is 0.155 e. The van der Waals surface area contributed by atoms with E-state index in [4.69, 9.17) is 10.5 Å². The molecule has 0 saturated carbocycles. The number of amidine groups is 1. The highest BCUT2D eigenvalue weighted by atomic mass is 79.9. The van der Waals surface area contributed by atoms with Gasteiger partial charge in [-0.25, -0.2) is 13.8 Å². The molecule has 3 rings (SSSR count). The van der Waals surface area contributed by atoms with Crippen LogP contribution in [-0.4, -0.2) is 29.8 Å². The van der Waals surface area contributed by atoms with Crippen molar-refractivity contribution in [2.24, 2.45) is 16.6 Å². The van der Waals surface area contributed by atoms with Crippen LogP contribution in [-0.2, 0) is 10.3 Å². The molecule has 120 valence electrons. The Morgan fingerprint density at radius 3 is 3.05 bits per heavy atom. The Bertz CT molecular complexity index is 615. The number of rotatable bonds is 2. The zero-order valence-corrected chi connectivity index (χ0v) is 14.5. The number of benzene rings is 1. The second kappa shape index (κ2) is 6.09. The van der Waals surface area contributed by atoms with Crippen molar-refractivity contribution in [1.82, 2.24) is 0 Å². The topological polar surface area (TPSA) is 47.6 Å². The third kappa shape index (κ3) is 2.67. The first kappa shape index (κ1) is 16.2. The van der Waals surface area contributed by atoms with Gasteiger partial charge in [-0.3, -0.25) is 0 Å². The second-order valence-corrected chi connectivity index (χ2v) is 7.95. The van der Waals surface area contributed by atoms with Gasteiger partial charge in [-0.05, 0) is 31.5 Å². The van der Waals surface area contributed by atoms with Gasteiger partial charge in [-0.1, -0.05) is 27.7 Å². The number of nitrogens with zero attached hydrogens (tertiary/aromatic N) is 1. The normalized spacial score (nSPS) is 34.9. The van der Waals surface area contributed by atoms with E-state index in [9.17, 15) is 8.78 Å². The van der Waals surface area contributed by atoms with Crippen molar-refractivity contribution in [3.63, 3.8) is 0 Å². The fraction of sp³-hybridized carbons (Fsp3) is 0.533. The molecular weight excluding hydrogens is 374 g/mol. The summed E-state index contributed by atoms with van der Waals surface area (Å²) in [6, 6.07) is 4.72. The molecule has 2 aliphatic rings. The number of aliphatic imine (C=N–C) groups is 1. The number of halogens is 3. The third-order valence-electron chi connectivity index (χ3n) is 4.36. The van der Waals surface area contributed by atoms with Crippen LogP contribution >= 0.6 is 27.7 Å². The first-order valence-corrected chi connectivity index (χ1v) is 8.78. The predicted octanol–water partition coefficient (Wildman–Crippen LogP) is 3.61. The van der Waals surface area contributed by atoms with Crippen molar-refractivity contribution < 1.29 is 13.5 Å². The molecule has 2 heterocycles. The summed E-state index contributed by atoms with van der Waals surface area (Å²) in [4.78, 5) is 4.55. The van der Waals surface area contributed by atoms with Gasteiger partial charge in [0.2, 0.25) is 0 Å². The minimum absolute atomic E-state index is 0.00230. The Morgan fingerprint density at radius 1 is 1.55 bits per heavy atom. The van der Waals surface area contributed by atoms with E-state index in [0.29, 0.717) is 12.0 Å². The molecule has 1 fully saturated rings. The van der Waals surface area contributed by atoms with E-state index < -0.39 is 12.2 Å². The maximum absolute atomic E-state index is 14.5. The Balaban J connectivity index is 2.17. The Labute approximate surface area is 140 Å². The summed E-state index contributed by atoms with van der Waals surface area (Å²) in [5.74, 6) is -0.519. The van der Waals surface area contributed by atoms with Crippen molar-refractivity contribution in [2.75, 3.05) is 13.3 Å². The van der Waals surface area contributed by atoms with Crippen LogP contribution in [0.15, 0.2) is 27.7 Å². The van der Waals surface area contributed by atoms with Gasteiger partial charge < -0.3 is 10.5 Å². The zero-order chi connectivity index (χ0) is 15.9. The van der Waals surface area contributed by atoms with Gasteiger partial charge in [0.15, 0.2) is 5.17 Å². The van der Waals surface area contributed by atoms with Crippen molar-refractivity contribution >= 4 is 32.9 Å². The van der Waals surface area contributed by atoms with Gasteiger partial charge in [0.25, 0.3) is 0 Å². The Hall–Kier alpha value is -0.660. The maximum Gasteiger partial charge on any atom is 0.155 e. The lowest BCUT2D eigenvalue weighted by molar-refractivity contribution is -0.0557. The highest BCUT2D eigenvalue weighted by molar-refractivity contribution is 9.10. The van der Waals surface area contributed by atoms with Crippen LogP contribution in [0.1, 0.15) is 18.9 Å². The first-order valence-electron chi connectivity index (χ1n) is 7.11. The lowest BCUT2D eigenvalue weighted by Crippen LogP contribution is -2.53. The van der Waals surface area contributed by atoms with Crippen LogP contribution in [0.3, 0.4) is 0 Å². The molecule has 22 heavy (non-hydrogen) atoms. The number of thioether (sulfide) groups is 1. The van der Waals surface area contributed by atoms with Gasteiger partial charge in [0, 0.05) is 21.2 Å². The van der Waals surface area contributed by atoms with Crippen molar-refractivity contribution in [3.8, 4) is 0 Å². The maximum atomic E-state index is 14.5. The van der Waals surface area contributed by atoms with Crippen LogP contribution in [0.4, 0.5) is 8.78 Å². The van der Waals surface area contributed by atoms with Crippen molar-refractivity contribution in [2.45, 2.75) is 30.2 Å². The van der Waals surface area contributed by atoms with Gasteiger partial charge in [-0.2, -0.15) is 0 Å². The molecule has 0 bridgehead atoms. The van der Waals surface area contributed by atoms with E-state index in [2.05, 4.69) is 20.9 Å².